The van der Waals surface area contributed by atoms with Crippen LogP contribution in [-0.2, 0) is 16.5 Å². The van der Waals surface area contributed by atoms with Gasteiger partial charge in [-0.25, -0.2) is 0 Å². The fourth-order valence-corrected chi connectivity index (χ4v) is 19.8. The van der Waals surface area contributed by atoms with Gasteiger partial charge in [-0.2, -0.15) is 14.0 Å². The SMILES string of the molecule is [Ni+2].[O-][Cl+3]([O-])([O-])O.c1ccc([PH+](CC[PH+](c2ccccc2)c2ccccc2)c2ccccc2)cc1.c1ccc([PH+](CC[PH+](c2ccccc2)c2ccccc2)c2ccccc2)cc1. The van der Waals surface area contributed by atoms with Gasteiger partial charge in [0, 0.05) is 0 Å². The van der Waals surface area contributed by atoms with Gasteiger partial charge in [0.05, 0.1) is 89.0 Å². The van der Waals surface area contributed by atoms with Crippen LogP contribution in [-0.4, -0.2) is 29.3 Å². The molecule has 10 heteroatoms. The van der Waals surface area contributed by atoms with Crippen molar-refractivity contribution in [2.24, 2.45) is 0 Å². The first-order valence-corrected chi connectivity index (χ1v) is 28.4. The fourth-order valence-electron chi connectivity index (χ4n) is 7.44. The number of halogens is 1. The van der Waals surface area contributed by atoms with Crippen molar-refractivity contribution in [3.05, 3.63) is 243 Å². The Labute approximate surface area is 384 Å². The molecule has 8 aromatic carbocycles. The van der Waals surface area contributed by atoms with E-state index in [9.17, 15) is 0 Å². The van der Waals surface area contributed by atoms with Crippen LogP contribution < -0.4 is 56.4 Å². The van der Waals surface area contributed by atoms with E-state index in [4.69, 9.17) is 18.6 Å². The number of hydrogen-bond donors (Lipinski definition) is 1. The van der Waals surface area contributed by atoms with E-state index in [-0.39, 0.29) is 16.5 Å². The third kappa shape index (κ3) is 16.3. The van der Waals surface area contributed by atoms with E-state index in [1.54, 1.807) is 0 Å². The average Bonchev–Trinajstić information content (AvgIpc) is 3.31. The first kappa shape index (κ1) is 49.1. The molecule has 4 nitrogen and oxygen atoms in total. The van der Waals surface area contributed by atoms with Gasteiger partial charge in [0.1, 0.15) is 24.6 Å². The Hall–Kier alpha value is -3.90. The Morgan fingerprint density at radius 2 is 0.355 bits per heavy atom. The van der Waals surface area contributed by atoms with E-state index in [0.717, 1.165) is 0 Å². The second-order valence-electron chi connectivity index (χ2n) is 14.2. The Morgan fingerprint density at radius 1 is 0.258 bits per heavy atom. The van der Waals surface area contributed by atoms with Crippen LogP contribution >= 0.6 is 31.7 Å². The van der Waals surface area contributed by atoms with E-state index < -0.39 is 41.9 Å². The topological polar surface area (TPSA) is 89.4 Å². The Bertz CT molecular complexity index is 1880. The minimum Gasteiger partial charge on any atom is -0.183 e. The summed E-state index contributed by atoms with van der Waals surface area (Å²) in [6.45, 7) is 0. The van der Waals surface area contributed by atoms with Gasteiger partial charge in [0.25, 0.3) is 0 Å². The van der Waals surface area contributed by atoms with E-state index in [2.05, 4.69) is 243 Å². The third-order valence-corrected chi connectivity index (χ3v) is 22.5. The maximum absolute atomic E-state index is 8.60. The number of benzene rings is 8. The van der Waals surface area contributed by atoms with Crippen molar-refractivity contribution in [1.82, 2.24) is 0 Å². The maximum atomic E-state index is 8.60. The van der Waals surface area contributed by atoms with Crippen molar-refractivity contribution in [2.75, 3.05) is 24.6 Å². The molecule has 1 N–H and O–H groups in total. The zero-order valence-electron chi connectivity index (χ0n) is 34.3. The molecule has 0 aliphatic rings. The largest absolute Gasteiger partial charge is 2.00 e. The molecule has 0 saturated carbocycles. The molecule has 0 amide bonds. The average molecular weight is 960 g/mol. The Morgan fingerprint density at radius 3 is 0.452 bits per heavy atom. The van der Waals surface area contributed by atoms with Crippen LogP contribution in [0.25, 0.3) is 0 Å². The second kappa shape index (κ2) is 26.7. The molecular weight excluding hydrogens is 907 g/mol. The minimum absolute atomic E-state index is 0. The Balaban J connectivity index is 0.000000208. The minimum atomic E-state index is -4.69. The summed E-state index contributed by atoms with van der Waals surface area (Å²) < 4.78 is 32.7. The van der Waals surface area contributed by atoms with Crippen molar-refractivity contribution < 1.29 is 45.4 Å². The molecule has 0 unspecified atom stereocenters. The summed E-state index contributed by atoms with van der Waals surface area (Å²) in [5.74, 6) is 0. The molecule has 0 bridgehead atoms. The summed E-state index contributed by atoms with van der Waals surface area (Å²) in [6, 6.07) is 89.0. The van der Waals surface area contributed by atoms with Crippen LogP contribution in [0.5, 0.6) is 0 Å². The van der Waals surface area contributed by atoms with E-state index in [1.807, 2.05) is 0 Å². The van der Waals surface area contributed by atoms with Gasteiger partial charge in [-0.15, -0.1) is 0 Å². The molecule has 0 saturated heterocycles. The molecule has 0 fully saturated rings. The maximum Gasteiger partial charge on any atom is 2.00 e. The van der Waals surface area contributed by atoms with Crippen LogP contribution in [0.4, 0.5) is 0 Å². The van der Waals surface area contributed by atoms with Gasteiger partial charge in [-0.05, 0) is 97.1 Å². The first-order chi connectivity index (χ1) is 29.8. The van der Waals surface area contributed by atoms with E-state index >= 15 is 0 Å². The summed E-state index contributed by atoms with van der Waals surface area (Å²) in [5, 5.41) is 12.1. The number of rotatable bonds is 14. The number of hydrogen-bond acceptors (Lipinski definition) is 4. The fraction of sp³-hybridized carbons (Fsp3) is 0.0769. The van der Waals surface area contributed by atoms with Gasteiger partial charge in [0.15, 0.2) is 0 Å². The van der Waals surface area contributed by atoms with Crippen LogP contribution in [0.3, 0.4) is 0 Å². The van der Waals surface area contributed by atoms with Crippen LogP contribution in [0, 0.1) is 10.2 Å². The summed E-state index contributed by atoms with van der Waals surface area (Å²) in [5.41, 5.74) is 0. The normalized spacial score (nSPS) is 11.0. The smallest absolute Gasteiger partial charge is 0.183 e. The predicted molar refractivity (Wildman–Crippen MR) is 264 cm³/mol. The van der Waals surface area contributed by atoms with Gasteiger partial charge >= 0.3 is 16.5 Å². The monoisotopic (exact) mass is 958 g/mol. The van der Waals surface area contributed by atoms with Crippen LogP contribution in [0.15, 0.2) is 243 Å². The Kier molecular flexibility index (Phi) is 21.1. The third-order valence-electron chi connectivity index (χ3n) is 10.2. The molecule has 0 spiro atoms. The summed E-state index contributed by atoms with van der Waals surface area (Å²) in [4.78, 5) is 0. The molecular formula is C52H53ClNiO4P4+6. The first-order valence-electron chi connectivity index (χ1n) is 20.3. The summed E-state index contributed by atoms with van der Waals surface area (Å²) in [6.07, 6.45) is 5.04. The quantitative estimate of drug-likeness (QED) is 0.118. The zero-order valence-corrected chi connectivity index (χ0v) is 40.0. The van der Waals surface area contributed by atoms with E-state index in [0.29, 0.717) is 0 Å². The van der Waals surface area contributed by atoms with Crippen LogP contribution in [0.2, 0.25) is 0 Å². The molecule has 62 heavy (non-hydrogen) atoms. The molecule has 0 heterocycles. The summed E-state index contributed by atoms with van der Waals surface area (Å²) >= 11 is 0. The molecule has 8 aromatic rings. The molecule has 0 aliphatic heterocycles. The standard InChI is InChI=1S/2C26H24P2.ClHO4.Ni/c2*1-5-13-23(14-6-1)27(24-15-7-2-8-16-24)21-22-28(25-17-9-3-10-18-25)26-19-11-4-12-20-26;2-1(3,4)5;/h2*1-20H,21-22H2;(H,2,3,4,5);/q;;;+2/p+4. The molecule has 8 rings (SSSR count). The van der Waals surface area contributed by atoms with Crippen molar-refractivity contribution in [3.63, 3.8) is 0 Å². The van der Waals surface area contributed by atoms with Crippen molar-refractivity contribution >= 4 is 74.1 Å². The summed E-state index contributed by atoms with van der Waals surface area (Å²) in [7, 11) is -7.83. The van der Waals surface area contributed by atoms with Crippen molar-refractivity contribution in [1.29, 1.82) is 0 Å². The zero-order chi connectivity index (χ0) is 42.5. The predicted octanol–water partition coefficient (Wildman–Crippen LogP) is 5.31. The molecule has 316 valence electrons. The van der Waals surface area contributed by atoms with E-state index in [1.165, 1.54) is 67.1 Å². The van der Waals surface area contributed by atoms with Gasteiger partial charge in [-0.1, -0.05) is 146 Å². The molecule has 0 aromatic heterocycles. The molecule has 0 atom stereocenters. The van der Waals surface area contributed by atoms with Gasteiger partial charge in [-0.3, -0.25) is 0 Å². The van der Waals surface area contributed by atoms with Crippen molar-refractivity contribution in [3.8, 4) is 0 Å². The van der Waals surface area contributed by atoms with Gasteiger partial charge in [0.2, 0.25) is 0 Å². The van der Waals surface area contributed by atoms with Gasteiger partial charge < -0.3 is 0 Å². The van der Waals surface area contributed by atoms with Crippen LogP contribution in [0.1, 0.15) is 0 Å². The molecule has 0 aliphatic carbocycles. The van der Waals surface area contributed by atoms with Crippen molar-refractivity contribution in [2.45, 2.75) is 0 Å². The second-order valence-corrected chi connectivity index (χ2v) is 25.5. The molecule has 0 radical (unpaired) electrons.